The molecule has 0 aliphatic heterocycles. The predicted octanol–water partition coefficient (Wildman–Crippen LogP) is 2.85. The second kappa shape index (κ2) is 4.15. The molecular formula is C14H21N3. The summed E-state index contributed by atoms with van der Waals surface area (Å²) in [4.78, 5) is 8.03. The lowest BCUT2D eigenvalue weighted by Gasteiger charge is -2.16. The molecule has 3 N–H and O–H groups in total. The molecule has 0 atom stereocenters. The van der Waals surface area contributed by atoms with Gasteiger partial charge in [0.05, 0.1) is 11.0 Å². The van der Waals surface area contributed by atoms with Crippen LogP contribution < -0.4 is 5.73 Å². The Morgan fingerprint density at radius 1 is 1.29 bits per heavy atom. The number of nitrogens with one attached hydrogen (secondary N) is 1. The Bertz CT molecular complexity index is 532. The molecule has 92 valence electrons. The number of rotatable bonds is 3. The number of H-pyrrole nitrogens is 1. The number of imidazole rings is 1. The van der Waals surface area contributed by atoms with Crippen LogP contribution in [0.1, 0.15) is 37.2 Å². The van der Waals surface area contributed by atoms with E-state index >= 15 is 0 Å². The van der Waals surface area contributed by atoms with Gasteiger partial charge in [-0.15, -0.1) is 0 Å². The number of nitrogens with zero attached hydrogens (tertiary/aromatic N) is 1. The normalized spacial score (nSPS) is 12.3. The average Bonchev–Trinajstić information content (AvgIpc) is 2.56. The molecule has 3 heteroatoms. The van der Waals surface area contributed by atoms with Crippen molar-refractivity contribution in [3.63, 3.8) is 0 Å². The fourth-order valence-corrected chi connectivity index (χ4v) is 2.08. The fourth-order valence-electron chi connectivity index (χ4n) is 2.08. The Labute approximate surface area is 102 Å². The molecule has 0 spiro atoms. The molecule has 0 radical (unpaired) electrons. The highest BCUT2D eigenvalue weighted by atomic mass is 14.9. The Morgan fingerprint density at radius 3 is 2.65 bits per heavy atom. The Hall–Kier alpha value is -1.35. The van der Waals surface area contributed by atoms with Crippen LogP contribution in [-0.2, 0) is 6.42 Å². The minimum atomic E-state index is -0.135. The van der Waals surface area contributed by atoms with Gasteiger partial charge in [0.15, 0.2) is 0 Å². The molecule has 1 aromatic heterocycles. The number of aromatic nitrogens is 2. The van der Waals surface area contributed by atoms with E-state index in [0.717, 1.165) is 29.7 Å². The van der Waals surface area contributed by atoms with Gasteiger partial charge in [0.25, 0.3) is 0 Å². The van der Waals surface area contributed by atoms with Crippen molar-refractivity contribution >= 4 is 11.0 Å². The lowest BCUT2D eigenvalue weighted by molar-refractivity contribution is 0.472. The average molecular weight is 231 g/mol. The van der Waals surface area contributed by atoms with Crippen molar-refractivity contribution < 1.29 is 0 Å². The Kier molecular flexibility index (Phi) is 2.96. The smallest absolute Gasteiger partial charge is 0.107 e. The van der Waals surface area contributed by atoms with Crippen LogP contribution >= 0.6 is 0 Å². The van der Waals surface area contributed by atoms with Crippen LogP contribution in [0.2, 0.25) is 0 Å². The first kappa shape index (κ1) is 12.1. The number of nitrogens with two attached hydrogens (primary N) is 1. The van der Waals surface area contributed by atoms with Crippen molar-refractivity contribution in [1.29, 1.82) is 0 Å². The molecule has 3 nitrogen and oxygen atoms in total. The number of aromatic amines is 1. The highest BCUT2D eigenvalue weighted by Gasteiger charge is 2.12. The van der Waals surface area contributed by atoms with Gasteiger partial charge >= 0.3 is 0 Å². The van der Waals surface area contributed by atoms with Gasteiger partial charge in [-0.25, -0.2) is 4.98 Å². The van der Waals surface area contributed by atoms with Gasteiger partial charge in [0, 0.05) is 12.0 Å². The molecular weight excluding hydrogens is 210 g/mol. The van der Waals surface area contributed by atoms with E-state index in [2.05, 4.69) is 35.9 Å². The molecule has 0 fully saturated rings. The third-order valence-corrected chi connectivity index (χ3v) is 2.98. The van der Waals surface area contributed by atoms with Gasteiger partial charge in [0.1, 0.15) is 5.82 Å². The summed E-state index contributed by atoms with van der Waals surface area (Å²) >= 11 is 0. The molecule has 1 aromatic carbocycles. The summed E-state index contributed by atoms with van der Waals surface area (Å²) in [5.41, 5.74) is 10.6. The largest absolute Gasteiger partial charge is 0.342 e. The summed E-state index contributed by atoms with van der Waals surface area (Å²) < 4.78 is 0. The van der Waals surface area contributed by atoms with E-state index in [4.69, 9.17) is 5.73 Å². The maximum Gasteiger partial charge on any atom is 0.107 e. The van der Waals surface area contributed by atoms with E-state index in [1.165, 1.54) is 11.1 Å². The summed E-state index contributed by atoms with van der Waals surface area (Å²) in [7, 11) is 0. The van der Waals surface area contributed by atoms with Gasteiger partial charge in [-0.2, -0.15) is 0 Å². The first-order valence-electron chi connectivity index (χ1n) is 6.10. The number of aryl methyl sites for hydroxylation is 3. The molecule has 0 amide bonds. The molecule has 0 saturated carbocycles. The maximum absolute atomic E-state index is 5.99. The third-order valence-electron chi connectivity index (χ3n) is 2.98. The van der Waals surface area contributed by atoms with Crippen LogP contribution in [0.4, 0.5) is 0 Å². The van der Waals surface area contributed by atoms with Gasteiger partial charge in [-0.1, -0.05) is 6.07 Å². The topological polar surface area (TPSA) is 54.7 Å². The number of fused-ring (bicyclic) bond motifs is 1. The maximum atomic E-state index is 5.99. The molecule has 1 heterocycles. The first-order valence-corrected chi connectivity index (χ1v) is 6.10. The van der Waals surface area contributed by atoms with E-state index < -0.39 is 0 Å². The third kappa shape index (κ3) is 2.86. The van der Waals surface area contributed by atoms with Crippen LogP contribution in [0.25, 0.3) is 11.0 Å². The molecule has 0 aliphatic rings. The van der Waals surface area contributed by atoms with Gasteiger partial charge in [-0.05, 0) is 51.3 Å². The lowest BCUT2D eigenvalue weighted by Crippen LogP contribution is -2.32. The van der Waals surface area contributed by atoms with Gasteiger partial charge < -0.3 is 10.7 Å². The standard InChI is InChI=1S/C14H21N3/c1-9-7-10(2)13-11(8-9)16-12(17-13)5-6-14(3,4)15/h7-8H,5-6,15H2,1-4H3,(H,16,17). The van der Waals surface area contributed by atoms with E-state index in [0.29, 0.717) is 0 Å². The zero-order valence-electron chi connectivity index (χ0n) is 11.1. The molecule has 17 heavy (non-hydrogen) atoms. The van der Waals surface area contributed by atoms with Gasteiger partial charge in [0.2, 0.25) is 0 Å². The SMILES string of the molecule is Cc1cc(C)c2nc(CCC(C)(C)N)[nH]c2c1. The van der Waals surface area contributed by atoms with E-state index in [1.54, 1.807) is 0 Å². The predicted molar refractivity (Wildman–Crippen MR) is 72.2 cm³/mol. The summed E-state index contributed by atoms with van der Waals surface area (Å²) in [5, 5.41) is 0. The van der Waals surface area contributed by atoms with Crippen molar-refractivity contribution in [2.75, 3.05) is 0 Å². The van der Waals surface area contributed by atoms with E-state index in [-0.39, 0.29) is 5.54 Å². The highest BCUT2D eigenvalue weighted by molar-refractivity contribution is 5.79. The van der Waals surface area contributed by atoms with Crippen molar-refractivity contribution in [2.24, 2.45) is 5.73 Å². The minimum Gasteiger partial charge on any atom is -0.342 e. The van der Waals surface area contributed by atoms with Crippen molar-refractivity contribution in [1.82, 2.24) is 9.97 Å². The van der Waals surface area contributed by atoms with Crippen molar-refractivity contribution in [2.45, 2.75) is 46.1 Å². The van der Waals surface area contributed by atoms with Crippen molar-refractivity contribution in [3.05, 3.63) is 29.1 Å². The molecule has 0 unspecified atom stereocenters. The fraction of sp³-hybridized carbons (Fsp3) is 0.500. The summed E-state index contributed by atoms with van der Waals surface area (Å²) in [6.07, 6.45) is 1.83. The zero-order chi connectivity index (χ0) is 12.6. The number of benzene rings is 1. The Morgan fingerprint density at radius 2 is 2.00 bits per heavy atom. The van der Waals surface area contributed by atoms with Crippen LogP contribution in [0.15, 0.2) is 12.1 Å². The molecule has 0 bridgehead atoms. The molecule has 2 aromatic rings. The second-order valence-electron chi connectivity index (χ2n) is 5.65. The van der Waals surface area contributed by atoms with Crippen molar-refractivity contribution in [3.8, 4) is 0 Å². The molecule has 2 rings (SSSR count). The summed E-state index contributed by atoms with van der Waals surface area (Å²) in [5.74, 6) is 1.03. The second-order valence-corrected chi connectivity index (χ2v) is 5.65. The van der Waals surface area contributed by atoms with Crippen LogP contribution in [0.3, 0.4) is 0 Å². The van der Waals surface area contributed by atoms with Crippen LogP contribution in [0.5, 0.6) is 0 Å². The number of hydrogen-bond acceptors (Lipinski definition) is 2. The van der Waals surface area contributed by atoms with Crippen LogP contribution in [0, 0.1) is 13.8 Å². The van der Waals surface area contributed by atoms with E-state index in [1.807, 2.05) is 13.8 Å². The minimum absolute atomic E-state index is 0.135. The molecule has 0 aliphatic carbocycles. The highest BCUT2D eigenvalue weighted by Crippen LogP contribution is 2.19. The van der Waals surface area contributed by atoms with E-state index in [9.17, 15) is 0 Å². The monoisotopic (exact) mass is 231 g/mol. The zero-order valence-corrected chi connectivity index (χ0v) is 11.1. The first-order chi connectivity index (χ1) is 7.85. The summed E-state index contributed by atoms with van der Waals surface area (Å²) in [6.45, 7) is 8.30. The molecule has 0 saturated heterocycles. The van der Waals surface area contributed by atoms with Gasteiger partial charge in [-0.3, -0.25) is 0 Å². The van der Waals surface area contributed by atoms with Crippen LogP contribution in [-0.4, -0.2) is 15.5 Å². The number of hydrogen-bond donors (Lipinski definition) is 2. The summed E-state index contributed by atoms with van der Waals surface area (Å²) in [6, 6.07) is 4.31. The lowest BCUT2D eigenvalue weighted by atomic mass is 10.0. The Balaban J connectivity index is 2.29. The quantitative estimate of drug-likeness (QED) is 0.853.